The second kappa shape index (κ2) is 8.21. The number of carbonyl (C=O) groups excluding carboxylic acids is 1. The van der Waals surface area contributed by atoms with Gasteiger partial charge in [-0.1, -0.05) is 38.1 Å². The summed E-state index contributed by atoms with van der Waals surface area (Å²) in [6, 6.07) is 12.2. The van der Waals surface area contributed by atoms with E-state index >= 15 is 0 Å². The molecule has 1 fully saturated rings. The lowest BCUT2D eigenvalue weighted by Crippen LogP contribution is -2.52. The molecule has 1 saturated heterocycles. The summed E-state index contributed by atoms with van der Waals surface area (Å²) in [5.74, 6) is 0.490. The van der Waals surface area contributed by atoms with E-state index < -0.39 is 0 Å². The van der Waals surface area contributed by atoms with Gasteiger partial charge in [-0.15, -0.1) is 0 Å². The highest BCUT2D eigenvalue weighted by Crippen LogP contribution is 2.31. The number of nitrogens with zero attached hydrogens (tertiary/aromatic N) is 3. The van der Waals surface area contributed by atoms with Crippen molar-refractivity contribution in [2.24, 2.45) is 0 Å². The quantitative estimate of drug-likeness (QED) is 0.915. The average molecular weight is 352 g/mol. The van der Waals surface area contributed by atoms with Gasteiger partial charge in [-0.25, -0.2) is 4.79 Å². The SMILES string of the molecule is Cc1cccc(C(C)C)c1N1CCN(C(=O)NCc2ccccn2)CC1. The van der Waals surface area contributed by atoms with E-state index in [0.29, 0.717) is 12.5 Å². The molecule has 5 nitrogen and oxygen atoms in total. The number of pyridine rings is 1. The van der Waals surface area contributed by atoms with E-state index in [1.807, 2.05) is 23.1 Å². The number of rotatable bonds is 4. The third-order valence-electron chi connectivity index (χ3n) is 4.92. The Hall–Kier alpha value is -2.56. The summed E-state index contributed by atoms with van der Waals surface area (Å²) in [6.07, 6.45) is 1.74. The molecule has 0 bridgehead atoms. The maximum absolute atomic E-state index is 12.4. The van der Waals surface area contributed by atoms with Crippen LogP contribution in [-0.2, 0) is 6.54 Å². The number of benzene rings is 1. The minimum Gasteiger partial charge on any atom is -0.368 e. The fraction of sp³-hybridized carbons (Fsp3) is 0.429. The molecule has 5 heteroatoms. The smallest absolute Gasteiger partial charge is 0.317 e. The Morgan fingerprint density at radius 1 is 1.12 bits per heavy atom. The number of piperazine rings is 1. The van der Waals surface area contributed by atoms with Gasteiger partial charge in [-0.2, -0.15) is 0 Å². The van der Waals surface area contributed by atoms with E-state index in [9.17, 15) is 4.79 Å². The summed E-state index contributed by atoms with van der Waals surface area (Å²) < 4.78 is 0. The second-order valence-corrected chi connectivity index (χ2v) is 7.12. The molecule has 26 heavy (non-hydrogen) atoms. The lowest BCUT2D eigenvalue weighted by atomic mass is 9.97. The monoisotopic (exact) mass is 352 g/mol. The second-order valence-electron chi connectivity index (χ2n) is 7.12. The Kier molecular flexibility index (Phi) is 5.76. The van der Waals surface area contributed by atoms with Crippen LogP contribution >= 0.6 is 0 Å². The molecule has 0 atom stereocenters. The Bertz CT molecular complexity index is 737. The molecular weight excluding hydrogens is 324 g/mol. The third kappa shape index (κ3) is 4.15. The van der Waals surface area contributed by atoms with E-state index in [-0.39, 0.29) is 6.03 Å². The molecule has 2 amide bonds. The van der Waals surface area contributed by atoms with Crippen molar-refractivity contribution >= 4 is 11.7 Å². The van der Waals surface area contributed by atoms with E-state index in [1.54, 1.807) is 6.20 Å². The van der Waals surface area contributed by atoms with Gasteiger partial charge in [0.2, 0.25) is 0 Å². The van der Waals surface area contributed by atoms with Gasteiger partial charge in [0.15, 0.2) is 0 Å². The van der Waals surface area contributed by atoms with Crippen LogP contribution in [0.3, 0.4) is 0 Å². The van der Waals surface area contributed by atoms with Gasteiger partial charge in [0.05, 0.1) is 12.2 Å². The number of urea groups is 1. The first-order valence-corrected chi connectivity index (χ1v) is 9.33. The summed E-state index contributed by atoms with van der Waals surface area (Å²) in [5.41, 5.74) is 4.92. The van der Waals surface area contributed by atoms with Crippen molar-refractivity contribution < 1.29 is 4.79 Å². The summed E-state index contributed by atoms with van der Waals surface area (Å²) in [4.78, 5) is 21.0. The fourth-order valence-corrected chi connectivity index (χ4v) is 3.49. The maximum Gasteiger partial charge on any atom is 0.317 e. The standard InChI is InChI=1S/C21H28N4O/c1-16(2)19-9-6-7-17(3)20(19)24-11-13-25(14-12-24)21(26)23-15-18-8-4-5-10-22-18/h4-10,16H,11-15H2,1-3H3,(H,23,26). The molecule has 1 aromatic carbocycles. The van der Waals surface area contributed by atoms with Crippen molar-refractivity contribution in [3.8, 4) is 0 Å². The van der Waals surface area contributed by atoms with Gasteiger partial charge in [0.25, 0.3) is 0 Å². The van der Waals surface area contributed by atoms with Gasteiger partial charge < -0.3 is 15.1 Å². The molecule has 1 aromatic heterocycles. The number of anilines is 1. The van der Waals surface area contributed by atoms with Crippen molar-refractivity contribution in [2.45, 2.75) is 33.2 Å². The normalized spacial score (nSPS) is 14.6. The van der Waals surface area contributed by atoms with Gasteiger partial charge in [-0.05, 0) is 36.1 Å². The summed E-state index contributed by atoms with van der Waals surface area (Å²) in [6.45, 7) is 10.3. The van der Waals surface area contributed by atoms with E-state index in [4.69, 9.17) is 0 Å². The molecule has 2 heterocycles. The van der Waals surface area contributed by atoms with Gasteiger partial charge in [0, 0.05) is 38.1 Å². The number of nitrogens with one attached hydrogen (secondary N) is 1. The fourth-order valence-electron chi connectivity index (χ4n) is 3.49. The molecule has 1 N–H and O–H groups in total. The van der Waals surface area contributed by atoms with Crippen LogP contribution in [0.4, 0.5) is 10.5 Å². The maximum atomic E-state index is 12.4. The van der Waals surface area contributed by atoms with Crippen LogP contribution in [0.5, 0.6) is 0 Å². The molecule has 138 valence electrons. The predicted octanol–water partition coefficient (Wildman–Crippen LogP) is 3.55. The minimum atomic E-state index is -0.0100. The lowest BCUT2D eigenvalue weighted by molar-refractivity contribution is 0.193. The zero-order chi connectivity index (χ0) is 18.5. The van der Waals surface area contributed by atoms with E-state index in [1.165, 1.54) is 16.8 Å². The first-order chi connectivity index (χ1) is 12.6. The van der Waals surface area contributed by atoms with Crippen molar-refractivity contribution in [1.82, 2.24) is 15.2 Å². The van der Waals surface area contributed by atoms with Crippen LogP contribution < -0.4 is 10.2 Å². The van der Waals surface area contributed by atoms with Crippen LogP contribution in [0.25, 0.3) is 0 Å². The molecule has 0 saturated carbocycles. The largest absolute Gasteiger partial charge is 0.368 e. The summed E-state index contributed by atoms with van der Waals surface area (Å²) >= 11 is 0. The molecule has 1 aliphatic rings. The zero-order valence-electron chi connectivity index (χ0n) is 15.9. The van der Waals surface area contributed by atoms with Crippen LogP contribution in [0.2, 0.25) is 0 Å². The molecule has 0 spiro atoms. The topological polar surface area (TPSA) is 48.5 Å². The summed E-state index contributed by atoms with van der Waals surface area (Å²) in [7, 11) is 0. The van der Waals surface area contributed by atoms with Crippen molar-refractivity contribution in [3.63, 3.8) is 0 Å². The van der Waals surface area contributed by atoms with Gasteiger partial charge in [0.1, 0.15) is 0 Å². The van der Waals surface area contributed by atoms with Crippen LogP contribution in [0.1, 0.15) is 36.6 Å². The van der Waals surface area contributed by atoms with Gasteiger partial charge in [-0.3, -0.25) is 4.98 Å². The average Bonchev–Trinajstić information content (AvgIpc) is 2.67. The third-order valence-corrected chi connectivity index (χ3v) is 4.92. The summed E-state index contributed by atoms with van der Waals surface area (Å²) in [5, 5.41) is 2.97. The number of hydrogen-bond acceptors (Lipinski definition) is 3. The highest BCUT2D eigenvalue weighted by Gasteiger charge is 2.24. The van der Waals surface area contributed by atoms with Crippen LogP contribution in [0.15, 0.2) is 42.6 Å². The van der Waals surface area contributed by atoms with Crippen molar-refractivity contribution in [3.05, 3.63) is 59.4 Å². The molecule has 0 unspecified atom stereocenters. The molecule has 0 radical (unpaired) electrons. The number of aryl methyl sites for hydroxylation is 1. The molecular formula is C21H28N4O. The minimum absolute atomic E-state index is 0.0100. The van der Waals surface area contributed by atoms with Crippen LogP contribution in [-0.4, -0.2) is 42.1 Å². The Labute approximate surface area is 156 Å². The predicted molar refractivity (Wildman–Crippen MR) is 106 cm³/mol. The highest BCUT2D eigenvalue weighted by molar-refractivity contribution is 5.74. The highest BCUT2D eigenvalue weighted by atomic mass is 16.2. The first-order valence-electron chi connectivity index (χ1n) is 9.33. The van der Waals surface area contributed by atoms with Gasteiger partial charge >= 0.3 is 6.03 Å². The number of aromatic nitrogens is 1. The van der Waals surface area contributed by atoms with Crippen molar-refractivity contribution in [1.29, 1.82) is 0 Å². The zero-order valence-corrected chi connectivity index (χ0v) is 15.9. The lowest BCUT2D eigenvalue weighted by Gasteiger charge is -2.38. The van der Waals surface area contributed by atoms with E-state index in [0.717, 1.165) is 31.9 Å². The molecule has 2 aromatic rings. The Morgan fingerprint density at radius 3 is 2.54 bits per heavy atom. The molecule has 3 rings (SSSR count). The van der Waals surface area contributed by atoms with E-state index in [2.05, 4.69) is 54.2 Å². The molecule has 1 aliphatic heterocycles. The number of carbonyl (C=O) groups is 1. The number of amides is 2. The van der Waals surface area contributed by atoms with Crippen molar-refractivity contribution in [2.75, 3.05) is 31.1 Å². The first kappa shape index (κ1) is 18.2. The van der Waals surface area contributed by atoms with Crippen LogP contribution in [0, 0.1) is 6.92 Å². The number of hydrogen-bond donors (Lipinski definition) is 1. The Morgan fingerprint density at radius 2 is 1.88 bits per heavy atom. The Balaban J connectivity index is 1.58. The number of para-hydroxylation sites is 1. The molecule has 0 aliphatic carbocycles.